The molecule has 0 aromatic carbocycles. The van der Waals surface area contributed by atoms with Crippen LogP contribution in [0.5, 0.6) is 0 Å². The second-order valence-corrected chi connectivity index (χ2v) is 10.2. The van der Waals surface area contributed by atoms with Crippen LogP contribution in [0.15, 0.2) is 24.3 Å². The third kappa shape index (κ3) is 23.1. The maximum Gasteiger partial charge on any atom is 0.172 e. The Bertz CT molecular complexity index is 447. The van der Waals surface area contributed by atoms with Gasteiger partial charge in [0.1, 0.15) is 0 Å². The van der Waals surface area contributed by atoms with Gasteiger partial charge in [-0.3, -0.25) is 0 Å². The van der Waals surface area contributed by atoms with Gasteiger partial charge in [0.05, 0.1) is 6.04 Å². The van der Waals surface area contributed by atoms with Gasteiger partial charge in [-0.2, -0.15) is 0 Å². The summed E-state index contributed by atoms with van der Waals surface area (Å²) in [6.07, 6.45) is 32.3. The van der Waals surface area contributed by atoms with Gasteiger partial charge in [-0.25, -0.2) is 0 Å². The minimum atomic E-state index is -0.108. The van der Waals surface area contributed by atoms with Gasteiger partial charge in [-0.15, -0.1) is 0 Å². The smallest absolute Gasteiger partial charge is 0.172 e. The Morgan fingerprint density at radius 1 is 0.559 bits per heavy atom. The highest BCUT2D eigenvalue weighted by Gasteiger charge is 2.20. The molecule has 0 spiro atoms. The minimum absolute atomic E-state index is 0.108. The first-order valence-corrected chi connectivity index (χ1v) is 14.8. The predicted molar refractivity (Wildman–Crippen MR) is 152 cm³/mol. The first-order valence-electron chi connectivity index (χ1n) is 14.8. The van der Waals surface area contributed by atoms with Gasteiger partial charge >= 0.3 is 0 Å². The van der Waals surface area contributed by atoms with E-state index in [0.717, 1.165) is 32.5 Å². The summed E-state index contributed by atoms with van der Waals surface area (Å²) < 4.78 is 12.3. The highest BCUT2D eigenvalue weighted by atomic mass is 16.7. The molecule has 0 saturated heterocycles. The Kier molecular flexibility index (Phi) is 26.4. The molecule has 202 valence electrons. The van der Waals surface area contributed by atoms with Crippen molar-refractivity contribution in [2.45, 2.75) is 149 Å². The van der Waals surface area contributed by atoms with Gasteiger partial charge in [0.2, 0.25) is 0 Å². The topological polar surface area (TPSA) is 21.7 Å². The molecule has 2 unspecified atom stereocenters. The van der Waals surface area contributed by atoms with Crippen molar-refractivity contribution in [3.8, 4) is 0 Å². The van der Waals surface area contributed by atoms with Crippen LogP contribution in [0.1, 0.15) is 136 Å². The Morgan fingerprint density at radius 3 is 1.47 bits per heavy atom. The van der Waals surface area contributed by atoms with E-state index in [1.807, 2.05) is 0 Å². The normalized spacial score (nSPS) is 14.1. The summed E-state index contributed by atoms with van der Waals surface area (Å²) in [5.74, 6) is 0. The van der Waals surface area contributed by atoms with Crippen LogP contribution in [0, 0.1) is 0 Å². The molecule has 0 fully saturated rings. The van der Waals surface area contributed by atoms with Gasteiger partial charge in [-0.05, 0) is 66.0 Å². The molecule has 0 N–H and O–H groups in total. The molecule has 3 heteroatoms. The molecule has 0 aliphatic rings. The summed E-state index contributed by atoms with van der Waals surface area (Å²) in [6.45, 7) is 8.36. The molecule has 0 aliphatic heterocycles. The molecule has 0 bridgehead atoms. The first-order chi connectivity index (χ1) is 16.6. The number of unbranched alkanes of at least 4 members (excludes halogenated alkanes) is 14. The van der Waals surface area contributed by atoms with Crippen molar-refractivity contribution in [1.82, 2.24) is 4.90 Å². The lowest BCUT2D eigenvalue weighted by molar-refractivity contribution is -0.172. The second kappa shape index (κ2) is 27.0. The monoisotopic (exact) mass is 479 g/mol. The van der Waals surface area contributed by atoms with Crippen molar-refractivity contribution in [1.29, 1.82) is 0 Å². The lowest BCUT2D eigenvalue weighted by atomic mass is 10.1. The molecule has 0 heterocycles. The molecule has 0 saturated carbocycles. The van der Waals surface area contributed by atoms with Gasteiger partial charge < -0.3 is 14.4 Å². The fraction of sp³-hybridized carbons (Fsp3) is 0.871. The van der Waals surface area contributed by atoms with Crippen LogP contribution in [-0.2, 0) is 9.47 Å². The summed E-state index contributed by atoms with van der Waals surface area (Å²) in [6, 6.07) is 0.282. The van der Waals surface area contributed by atoms with E-state index in [4.69, 9.17) is 9.47 Å². The highest BCUT2D eigenvalue weighted by Crippen LogP contribution is 2.12. The molecule has 0 aromatic rings. The van der Waals surface area contributed by atoms with E-state index in [2.05, 4.69) is 64.1 Å². The van der Waals surface area contributed by atoms with E-state index in [1.54, 1.807) is 0 Å². The molecule has 0 radical (unpaired) electrons. The third-order valence-corrected chi connectivity index (χ3v) is 6.62. The molecular formula is C31H61NO2. The number of hydrogen-bond donors (Lipinski definition) is 0. The van der Waals surface area contributed by atoms with E-state index in [-0.39, 0.29) is 12.3 Å². The standard InChI is InChI=1S/C31H61NO2/c1-6-8-10-12-14-15-16-17-18-19-20-21-22-23-25-27-29-34-31(30(3)32(4)5)33-28-26-24-13-11-9-7-2/h14-15,17-18,30-31H,6-13,16,19-29H2,1-5H3/b15-14-,18-17-. The van der Waals surface area contributed by atoms with Gasteiger partial charge in [0.15, 0.2) is 6.29 Å². The Hall–Kier alpha value is -0.640. The zero-order valence-electron chi connectivity index (χ0n) is 23.9. The van der Waals surface area contributed by atoms with Crippen LogP contribution in [0.2, 0.25) is 0 Å². The van der Waals surface area contributed by atoms with Gasteiger partial charge in [0, 0.05) is 13.2 Å². The summed E-state index contributed by atoms with van der Waals surface area (Å²) in [5.41, 5.74) is 0. The lowest BCUT2D eigenvalue weighted by Crippen LogP contribution is -2.40. The van der Waals surface area contributed by atoms with Crippen LogP contribution < -0.4 is 0 Å². The van der Waals surface area contributed by atoms with E-state index in [1.165, 1.54) is 96.3 Å². The van der Waals surface area contributed by atoms with Crippen molar-refractivity contribution in [3.63, 3.8) is 0 Å². The molecule has 0 aliphatic carbocycles. The van der Waals surface area contributed by atoms with Gasteiger partial charge in [0.25, 0.3) is 0 Å². The van der Waals surface area contributed by atoms with Crippen molar-refractivity contribution in [3.05, 3.63) is 24.3 Å². The first kappa shape index (κ1) is 33.4. The SMILES string of the molecule is CCCCC/C=C\C/C=C\CCCCCCCCOC(OCCCCCCCC)C(C)N(C)C. The molecule has 3 nitrogen and oxygen atoms in total. The third-order valence-electron chi connectivity index (χ3n) is 6.62. The van der Waals surface area contributed by atoms with Gasteiger partial charge in [-0.1, -0.05) is 109 Å². The predicted octanol–water partition coefficient (Wildman–Crippen LogP) is 9.47. The lowest BCUT2D eigenvalue weighted by Gasteiger charge is -2.29. The Labute approximate surface area is 214 Å². The van der Waals surface area contributed by atoms with Crippen LogP contribution in [-0.4, -0.2) is 44.5 Å². The Balaban J connectivity index is 3.68. The van der Waals surface area contributed by atoms with E-state index < -0.39 is 0 Å². The van der Waals surface area contributed by atoms with Crippen molar-refractivity contribution < 1.29 is 9.47 Å². The fourth-order valence-electron chi connectivity index (χ4n) is 3.94. The molecule has 0 rings (SSSR count). The molecule has 0 amide bonds. The Morgan fingerprint density at radius 2 is 0.971 bits per heavy atom. The maximum atomic E-state index is 6.15. The van der Waals surface area contributed by atoms with E-state index >= 15 is 0 Å². The number of hydrogen-bond acceptors (Lipinski definition) is 3. The molecule has 34 heavy (non-hydrogen) atoms. The van der Waals surface area contributed by atoms with Crippen molar-refractivity contribution in [2.24, 2.45) is 0 Å². The van der Waals surface area contributed by atoms with Crippen LogP contribution in [0.3, 0.4) is 0 Å². The summed E-state index contributed by atoms with van der Waals surface area (Å²) in [5, 5.41) is 0. The van der Waals surface area contributed by atoms with Crippen molar-refractivity contribution >= 4 is 0 Å². The summed E-state index contributed by atoms with van der Waals surface area (Å²) >= 11 is 0. The van der Waals surface area contributed by atoms with Crippen LogP contribution in [0.25, 0.3) is 0 Å². The number of rotatable bonds is 26. The zero-order valence-corrected chi connectivity index (χ0v) is 23.9. The summed E-state index contributed by atoms with van der Waals surface area (Å²) in [4.78, 5) is 2.20. The number of ether oxygens (including phenoxy) is 2. The number of allylic oxidation sites excluding steroid dienone is 4. The quantitative estimate of drug-likeness (QED) is 0.0700. The average molecular weight is 480 g/mol. The second-order valence-electron chi connectivity index (χ2n) is 10.2. The molecular weight excluding hydrogens is 418 g/mol. The number of nitrogens with zero attached hydrogens (tertiary/aromatic N) is 1. The summed E-state index contributed by atoms with van der Waals surface area (Å²) in [7, 11) is 4.21. The maximum absolute atomic E-state index is 6.15. The zero-order chi connectivity index (χ0) is 25.1. The van der Waals surface area contributed by atoms with Crippen molar-refractivity contribution in [2.75, 3.05) is 27.3 Å². The largest absolute Gasteiger partial charge is 0.351 e. The highest BCUT2D eigenvalue weighted by molar-refractivity contribution is 4.92. The minimum Gasteiger partial charge on any atom is -0.351 e. The van der Waals surface area contributed by atoms with Crippen LogP contribution >= 0.6 is 0 Å². The number of likely N-dealkylation sites (N-methyl/N-ethyl adjacent to an activating group) is 1. The van der Waals surface area contributed by atoms with E-state index in [9.17, 15) is 0 Å². The van der Waals surface area contributed by atoms with E-state index in [0.29, 0.717) is 0 Å². The fourth-order valence-corrected chi connectivity index (χ4v) is 3.94. The van der Waals surface area contributed by atoms with Crippen LogP contribution in [0.4, 0.5) is 0 Å². The molecule has 0 aromatic heterocycles. The average Bonchev–Trinajstić information content (AvgIpc) is 2.83. The molecule has 2 atom stereocenters.